The number of ether oxygens (including phenoxy) is 1. The molecule has 4 rings (SSSR count). The molecule has 0 saturated heterocycles. The van der Waals surface area contributed by atoms with Crippen LogP contribution in [0.1, 0.15) is 45.4 Å². The van der Waals surface area contributed by atoms with Gasteiger partial charge in [-0.15, -0.1) is 0 Å². The average molecular weight is 479 g/mol. The Labute approximate surface area is 216 Å². The van der Waals surface area contributed by atoms with Crippen molar-refractivity contribution < 1.29 is 4.74 Å². The quantitative estimate of drug-likeness (QED) is 0.190. The van der Waals surface area contributed by atoms with Crippen molar-refractivity contribution in [3.05, 3.63) is 91.0 Å². The van der Waals surface area contributed by atoms with Gasteiger partial charge in [-0.3, -0.25) is 0 Å². The van der Waals surface area contributed by atoms with Crippen molar-refractivity contribution >= 4 is 5.69 Å². The summed E-state index contributed by atoms with van der Waals surface area (Å²) in [6.07, 6.45) is 7.55. The first-order valence-electron chi connectivity index (χ1n) is 13.2. The normalized spacial score (nSPS) is 10.9. The van der Waals surface area contributed by atoms with Gasteiger partial charge >= 0.3 is 0 Å². The van der Waals surface area contributed by atoms with E-state index in [0.717, 1.165) is 41.3 Å². The summed E-state index contributed by atoms with van der Waals surface area (Å²) in [4.78, 5) is 7.17. The first-order chi connectivity index (χ1) is 17.7. The number of rotatable bonds is 12. The molecule has 3 aromatic carbocycles. The molecule has 1 aromatic heterocycles. The minimum absolute atomic E-state index is 0.749. The number of unbranched alkanes of at least 4 members (excludes halogenated alkanes) is 5. The van der Waals surface area contributed by atoms with Gasteiger partial charge in [-0.25, -0.2) is 4.98 Å². The molecule has 36 heavy (non-hydrogen) atoms. The van der Waals surface area contributed by atoms with Crippen molar-refractivity contribution in [3.63, 3.8) is 0 Å². The maximum absolute atomic E-state index is 6.19. The van der Waals surface area contributed by atoms with E-state index in [1.807, 2.05) is 6.07 Å². The molecule has 186 valence electrons. The van der Waals surface area contributed by atoms with Gasteiger partial charge in [0.05, 0.1) is 18.0 Å². The third-order valence-corrected chi connectivity index (χ3v) is 6.55. The van der Waals surface area contributed by atoms with Crippen LogP contribution in [0.5, 0.6) is 5.75 Å². The van der Waals surface area contributed by atoms with E-state index in [1.165, 1.54) is 48.9 Å². The Bertz CT molecular complexity index is 1230. The fraction of sp³-hybridized carbons (Fsp3) is 0.303. The Morgan fingerprint density at radius 2 is 1.25 bits per heavy atom. The van der Waals surface area contributed by atoms with Crippen LogP contribution in [0.15, 0.2) is 91.0 Å². The van der Waals surface area contributed by atoms with E-state index in [4.69, 9.17) is 9.72 Å². The highest BCUT2D eigenvalue weighted by Gasteiger charge is 2.10. The first kappa shape index (κ1) is 25.5. The Morgan fingerprint density at radius 3 is 2.03 bits per heavy atom. The van der Waals surface area contributed by atoms with Crippen LogP contribution in [0.3, 0.4) is 0 Å². The molecule has 0 radical (unpaired) electrons. The lowest BCUT2D eigenvalue weighted by atomic mass is 10.0. The number of pyridine rings is 1. The summed E-state index contributed by atoms with van der Waals surface area (Å²) in [5.74, 6) is 0.909. The topological polar surface area (TPSA) is 25.4 Å². The van der Waals surface area contributed by atoms with Gasteiger partial charge in [0, 0.05) is 36.5 Å². The second kappa shape index (κ2) is 12.9. The Hall–Kier alpha value is -3.59. The predicted octanol–water partition coefficient (Wildman–Crippen LogP) is 8.89. The van der Waals surface area contributed by atoms with E-state index in [9.17, 15) is 0 Å². The van der Waals surface area contributed by atoms with Gasteiger partial charge in [-0.2, -0.15) is 0 Å². The molecule has 3 nitrogen and oxygen atoms in total. The van der Waals surface area contributed by atoms with E-state index < -0.39 is 0 Å². The highest BCUT2D eigenvalue weighted by molar-refractivity contribution is 5.80. The third kappa shape index (κ3) is 6.54. The number of hydrogen-bond acceptors (Lipinski definition) is 3. The van der Waals surface area contributed by atoms with Gasteiger partial charge in [-0.05, 0) is 42.3 Å². The maximum Gasteiger partial charge on any atom is 0.128 e. The number of hydrogen-bond donors (Lipinski definition) is 0. The van der Waals surface area contributed by atoms with Crippen LogP contribution < -0.4 is 9.64 Å². The second-order valence-corrected chi connectivity index (χ2v) is 9.51. The molecule has 0 spiro atoms. The molecule has 0 aliphatic heterocycles. The molecule has 0 atom stereocenters. The summed E-state index contributed by atoms with van der Waals surface area (Å²) in [5.41, 5.74) is 7.69. The zero-order valence-electron chi connectivity index (χ0n) is 21.9. The number of benzene rings is 3. The first-order valence-corrected chi connectivity index (χ1v) is 13.2. The lowest BCUT2D eigenvalue weighted by molar-refractivity contribution is 0.305. The SMILES string of the molecule is CCCCCCCCOc1ccccc1-c1cccc(-c2ccc(-c3ccccc3N(C)C)cc2)n1. The van der Waals surface area contributed by atoms with Crippen LogP contribution in [-0.4, -0.2) is 25.7 Å². The highest BCUT2D eigenvalue weighted by Crippen LogP contribution is 2.33. The van der Waals surface area contributed by atoms with Gasteiger partial charge in [0.15, 0.2) is 0 Å². The third-order valence-electron chi connectivity index (χ3n) is 6.55. The van der Waals surface area contributed by atoms with Crippen LogP contribution in [0.2, 0.25) is 0 Å². The van der Waals surface area contributed by atoms with E-state index in [-0.39, 0.29) is 0 Å². The van der Waals surface area contributed by atoms with E-state index >= 15 is 0 Å². The van der Waals surface area contributed by atoms with Gasteiger partial charge in [0.25, 0.3) is 0 Å². The summed E-state index contributed by atoms with van der Waals surface area (Å²) in [7, 11) is 4.16. The summed E-state index contributed by atoms with van der Waals surface area (Å²) in [6.45, 7) is 3.00. The van der Waals surface area contributed by atoms with Crippen molar-refractivity contribution in [1.29, 1.82) is 0 Å². The molecule has 0 amide bonds. The molecule has 1 heterocycles. The summed E-state index contributed by atoms with van der Waals surface area (Å²) in [6, 6.07) is 31.7. The largest absolute Gasteiger partial charge is 0.493 e. The number of anilines is 1. The van der Waals surface area contributed by atoms with Crippen molar-refractivity contribution in [1.82, 2.24) is 4.98 Å². The van der Waals surface area contributed by atoms with Crippen LogP contribution in [-0.2, 0) is 0 Å². The summed E-state index contributed by atoms with van der Waals surface area (Å²) in [5, 5.41) is 0. The number of aromatic nitrogens is 1. The molecule has 0 saturated carbocycles. The second-order valence-electron chi connectivity index (χ2n) is 9.51. The van der Waals surface area contributed by atoms with E-state index in [2.05, 4.69) is 111 Å². The van der Waals surface area contributed by atoms with Crippen molar-refractivity contribution in [2.24, 2.45) is 0 Å². The standard InChI is InChI=1S/C33H38N2O/c1-4-5-6-7-8-13-25-36-33-20-12-10-16-29(33)31-18-14-17-30(34-31)27-23-21-26(22-24-27)28-15-9-11-19-32(28)35(2)3/h9-12,14-24H,4-8,13,25H2,1-3H3. The van der Waals surface area contributed by atoms with Crippen LogP contribution in [0, 0.1) is 0 Å². The molecule has 0 aliphatic carbocycles. The Balaban J connectivity index is 1.49. The van der Waals surface area contributed by atoms with E-state index in [1.54, 1.807) is 0 Å². The van der Waals surface area contributed by atoms with Crippen LogP contribution >= 0.6 is 0 Å². The Morgan fingerprint density at radius 1 is 0.611 bits per heavy atom. The molecule has 0 unspecified atom stereocenters. The monoisotopic (exact) mass is 478 g/mol. The zero-order chi connectivity index (χ0) is 25.2. The molecule has 0 fully saturated rings. The van der Waals surface area contributed by atoms with Crippen molar-refractivity contribution in [2.45, 2.75) is 45.4 Å². The number of nitrogens with zero attached hydrogens (tertiary/aromatic N) is 2. The Kier molecular flexibility index (Phi) is 9.15. The van der Waals surface area contributed by atoms with Gasteiger partial charge in [0.2, 0.25) is 0 Å². The van der Waals surface area contributed by atoms with Gasteiger partial charge < -0.3 is 9.64 Å². The summed E-state index contributed by atoms with van der Waals surface area (Å²) >= 11 is 0. The lowest BCUT2D eigenvalue weighted by Gasteiger charge is -2.17. The van der Waals surface area contributed by atoms with Gasteiger partial charge in [0.1, 0.15) is 5.75 Å². The summed E-state index contributed by atoms with van der Waals surface area (Å²) < 4.78 is 6.19. The average Bonchev–Trinajstić information content (AvgIpc) is 2.93. The molecular weight excluding hydrogens is 440 g/mol. The molecular formula is C33H38N2O. The maximum atomic E-state index is 6.19. The van der Waals surface area contributed by atoms with Crippen molar-refractivity contribution in [2.75, 3.05) is 25.6 Å². The lowest BCUT2D eigenvalue weighted by Crippen LogP contribution is -2.09. The molecule has 0 bridgehead atoms. The minimum atomic E-state index is 0.749. The van der Waals surface area contributed by atoms with Gasteiger partial charge in [-0.1, -0.05) is 99.7 Å². The predicted molar refractivity (Wildman–Crippen MR) is 154 cm³/mol. The minimum Gasteiger partial charge on any atom is -0.493 e. The number of para-hydroxylation sites is 2. The highest BCUT2D eigenvalue weighted by atomic mass is 16.5. The zero-order valence-corrected chi connectivity index (χ0v) is 21.9. The molecule has 0 N–H and O–H groups in total. The van der Waals surface area contributed by atoms with E-state index in [0.29, 0.717) is 0 Å². The molecule has 4 aromatic rings. The van der Waals surface area contributed by atoms with Crippen LogP contribution in [0.4, 0.5) is 5.69 Å². The smallest absolute Gasteiger partial charge is 0.128 e. The molecule has 0 aliphatic rings. The fourth-order valence-corrected chi connectivity index (χ4v) is 4.54. The molecule has 3 heteroatoms. The van der Waals surface area contributed by atoms with Crippen molar-refractivity contribution in [3.8, 4) is 39.4 Å². The van der Waals surface area contributed by atoms with Crippen LogP contribution in [0.25, 0.3) is 33.6 Å². The fourth-order valence-electron chi connectivity index (χ4n) is 4.54.